The first kappa shape index (κ1) is 21.2. The van der Waals surface area contributed by atoms with Gasteiger partial charge in [0.05, 0.1) is 11.2 Å². The number of aliphatic hydroxyl groups is 2. The predicted molar refractivity (Wildman–Crippen MR) is 101 cm³/mol. The number of hydrogen-bond acceptors (Lipinski definition) is 4. The molecule has 2 unspecified atom stereocenters. The van der Waals surface area contributed by atoms with Gasteiger partial charge in [-0.15, -0.1) is 0 Å². The molecular weight excluding hydrogens is 315 g/mol. The highest BCUT2D eigenvalue weighted by atomic mass is 16.4. The molecule has 0 aliphatic heterocycles. The van der Waals surface area contributed by atoms with Crippen LogP contribution in [0.2, 0.25) is 0 Å². The molecule has 4 aliphatic carbocycles. The van der Waals surface area contributed by atoms with E-state index in [9.17, 15) is 10.2 Å². The molecule has 4 nitrogen and oxygen atoms in total. The second kappa shape index (κ2) is 6.81. The van der Waals surface area contributed by atoms with Crippen molar-refractivity contribution in [2.24, 2.45) is 34.5 Å². The van der Waals surface area contributed by atoms with Crippen LogP contribution in [0.15, 0.2) is 0 Å². The lowest BCUT2D eigenvalue weighted by molar-refractivity contribution is -0.235. The zero-order valence-corrected chi connectivity index (χ0v) is 16.9. The van der Waals surface area contributed by atoms with E-state index in [1.807, 2.05) is 6.92 Å². The molecule has 0 aromatic rings. The normalized spacial score (nSPS) is 37.8. The van der Waals surface area contributed by atoms with E-state index in [4.69, 9.17) is 10.0 Å². The zero-order valence-electron chi connectivity index (χ0n) is 16.9. The fourth-order valence-corrected chi connectivity index (χ4v) is 7.24. The summed E-state index contributed by atoms with van der Waals surface area (Å²) in [6.07, 6.45) is 8.07. The summed E-state index contributed by atoms with van der Waals surface area (Å²) in [7, 11) is 0. The molecule has 0 heterocycles. The molecule has 4 bridgehead atoms. The SMILES string of the molecule is CC(C)(C)C(C12CC3CC(CC(C3)C1)C2)C(C)(O)C(C)(C)O.O[B]O. The smallest absolute Gasteiger partial charge is 0.429 e. The zero-order chi connectivity index (χ0) is 19.3. The van der Waals surface area contributed by atoms with Crippen molar-refractivity contribution >= 4 is 7.69 Å². The Balaban J connectivity index is 0.000000701. The van der Waals surface area contributed by atoms with E-state index in [-0.39, 0.29) is 24.4 Å². The van der Waals surface area contributed by atoms with Crippen molar-refractivity contribution in [1.82, 2.24) is 0 Å². The lowest BCUT2D eigenvalue weighted by atomic mass is 9.41. The van der Waals surface area contributed by atoms with E-state index < -0.39 is 11.2 Å². The maximum absolute atomic E-state index is 11.5. The van der Waals surface area contributed by atoms with Crippen LogP contribution in [0.4, 0.5) is 0 Å². The highest BCUT2D eigenvalue weighted by Crippen LogP contribution is 2.67. The van der Waals surface area contributed by atoms with E-state index in [0.29, 0.717) is 0 Å². The Morgan fingerprint density at radius 2 is 1.12 bits per heavy atom. The first-order chi connectivity index (χ1) is 11.3. The molecule has 0 aromatic heterocycles. The highest BCUT2D eigenvalue weighted by molar-refractivity contribution is 6.13. The second-order valence-corrected chi connectivity index (χ2v) is 10.9. The number of hydrogen-bond donors (Lipinski definition) is 4. The Morgan fingerprint density at radius 3 is 1.36 bits per heavy atom. The summed E-state index contributed by atoms with van der Waals surface area (Å²) >= 11 is 0. The summed E-state index contributed by atoms with van der Waals surface area (Å²) in [5.74, 6) is 2.75. The van der Waals surface area contributed by atoms with Crippen LogP contribution in [-0.2, 0) is 0 Å². The van der Waals surface area contributed by atoms with Crippen LogP contribution in [0.5, 0.6) is 0 Å². The van der Waals surface area contributed by atoms with Gasteiger partial charge in [-0.25, -0.2) is 0 Å². The standard InChI is InChI=1S/C20H36O2.BH2O2/c1-17(2,3)16(19(6,22)18(4,5)21)20-10-13-7-14(11-20)9-15(8-13)12-20;2-1-3/h13-16,21-22H,7-12H2,1-6H3;2-3H. The van der Waals surface area contributed by atoms with Gasteiger partial charge in [-0.05, 0) is 87.9 Å². The van der Waals surface area contributed by atoms with E-state index >= 15 is 0 Å². The molecule has 4 N–H and O–H groups in total. The minimum atomic E-state index is -1.08. The van der Waals surface area contributed by atoms with E-state index in [1.54, 1.807) is 13.8 Å². The molecule has 4 aliphatic rings. The maximum atomic E-state index is 11.5. The topological polar surface area (TPSA) is 80.9 Å². The van der Waals surface area contributed by atoms with Crippen molar-refractivity contribution in [2.45, 2.75) is 91.3 Å². The molecule has 0 aromatic carbocycles. The minimum Gasteiger partial charge on any atom is -0.429 e. The van der Waals surface area contributed by atoms with Gasteiger partial charge in [-0.3, -0.25) is 0 Å². The second-order valence-electron chi connectivity index (χ2n) is 10.9. The van der Waals surface area contributed by atoms with Crippen molar-refractivity contribution in [3.8, 4) is 0 Å². The Labute approximate surface area is 154 Å². The summed E-state index contributed by atoms with van der Waals surface area (Å²) in [4.78, 5) is 0. The van der Waals surface area contributed by atoms with E-state index in [1.165, 1.54) is 38.5 Å². The van der Waals surface area contributed by atoms with Gasteiger partial charge in [0, 0.05) is 5.92 Å². The molecule has 4 rings (SSSR count). The molecule has 4 fully saturated rings. The van der Waals surface area contributed by atoms with Crippen LogP contribution < -0.4 is 0 Å². The van der Waals surface area contributed by atoms with Crippen LogP contribution in [0.1, 0.15) is 80.1 Å². The quantitative estimate of drug-likeness (QED) is 0.588. The first-order valence-corrected chi connectivity index (χ1v) is 9.81. The first-order valence-electron chi connectivity index (χ1n) is 9.81. The third-order valence-electron chi connectivity index (χ3n) is 7.36. The summed E-state index contributed by atoms with van der Waals surface area (Å²) in [5.41, 5.74) is -1.91. The molecule has 4 saturated carbocycles. The van der Waals surface area contributed by atoms with Crippen molar-refractivity contribution < 1.29 is 20.3 Å². The Morgan fingerprint density at radius 1 is 0.800 bits per heavy atom. The molecule has 0 amide bonds. The molecule has 1 radical (unpaired) electrons. The lowest BCUT2D eigenvalue weighted by Crippen LogP contribution is -2.65. The van der Waals surface area contributed by atoms with Gasteiger partial charge < -0.3 is 20.3 Å². The van der Waals surface area contributed by atoms with Gasteiger partial charge in [-0.1, -0.05) is 20.8 Å². The third-order valence-corrected chi connectivity index (χ3v) is 7.36. The van der Waals surface area contributed by atoms with Crippen LogP contribution in [0.3, 0.4) is 0 Å². The summed E-state index contributed by atoms with van der Waals surface area (Å²) in [5, 5.41) is 36.2. The van der Waals surface area contributed by atoms with Crippen LogP contribution in [-0.4, -0.2) is 39.1 Å². The van der Waals surface area contributed by atoms with Gasteiger partial charge in [0.1, 0.15) is 0 Å². The number of rotatable bonds is 3. The third kappa shape index (κ3) is 3.95. The average Bonchev–Trinajstić information content (AvgIpc) is 2.33. The van der Waals surface area contributed by atoms with E-state index in [0.717, 1.165) is 17.8 Å². The predicted octanol–water partition coefficient (Wildman–Crippen LogP) is 2.89. The van der Waals surface area contributed by atoms with Crippen molar-refractivity contribution in [3.63, 3.8) is 0 Å². The monoisotopic (exact) mass is 353 g/mol. The molecule has 2 atom stereocenters. The largest absolute Gasteiger partial charge is 0.482 e. The Bertz CT molecular complexity index is 426. The van der Waals surface area contributed by atoms with E-state index in [2.05, 4.69) is 20.8 Å². The Kier molecular flexibility index (Phi) is 5.78. The molecule has 25 heavy (non-hydrogen) atoms. The van der Waals surface area contributed by atoms with Gasteiger partial charge in [0.15, 0.2) is 0 Å². The minimum absolute atomic E-state index is 0. The van der Waals surface area contributed by atoms with Gasteiger partial charge >= 0.3 is 7.69 Å². The summed E-state index contributed by atoms with van der Waals surface area (Å²) in [6.45, 7) is 12.2. The van der Waals surface area contributed by atoms with Crippen LogP contribution in [0, 0.1) is 34.5 Å². The lowest BCUT2D eigenvalue weighted by Gasteiger charge is -2.65. The molecule has 0 spiro atoms. The van der Waals surface area contributed by atoms with Gasteiger partial charge in [-0.2, -0.15) is 0 Å². The van der Waals surface area contributed by atoms with Gasteiger partial charge in [0.2, 0.25) is 0 Å². The van der Waals surface area contributed by atoms with Crippen LogP contribution in [0.25, 0.3) is 0 Å². The summed E-state index contributed by atoms with van der Waals surface area (Å²) < 4.78 is 0. The molecule has 0 saturated heterocycles. The maximum Gasteiger partial charge on any atom is 0.482 e. The molecule has 5 heteroatoms. The van der Waals surface area contributed by atoms with Crippen molar-refractivity contribution in [3.05, 3.63) is 0 Å². The Hall–Kier alpha value is -0.0951. The van der Waals surface area contributed by atoms with Crippen molar-refractivity contribution in [2.75, 3.05) is 0 Å². The molecular formula is C20H38BO4. The fourth-order valence-electron chi connectivity index (χ4n) is 7.24. The molecule has 145 valence electrons. The van der Waals surface area contributed by atoms with Gasteiger partial charge in [0.25, 0.3) is 0 Å². The fraction of sp³-hybridized carbons (Fsp3) is 1.00. The average molecular weight is 353 g/mol. The van der Waals surface area contributed by atoms with Crippen molar-refractivity contribution in [1.29, 1.82) is 0 Å². The summed E-state index contributed by atoms with van der Waals surface area (Å²) in [6, 6.07) is 0. The van der Waals surface area contributed by atoms with Crippen LogP contribution >= 0.6 is 0 Å². The highest BCUT2D eigenvalue weighted by Gasteiger charge is 2.63.